The van der Waals surface area contributed by atoms with Crippen LogP contribution < -0.4 is 0 Å². The highest BCUT2D eigenvalue weighted by Crippen LogP contribution is 1.86. The van der Waals surface area contributed by atoms with Gasteiger partial charge in [-0.15, -0.1) is 0 Å². The Labute approximate surface area is 77.0 Å². The molecule has 0 radical (unpaired) electrons. The first-order valence-electron chi connectivity index (χ1n) is 4.74. The SMILES string of the molecule is CC.CC.CC.Cc1cocn1. The number of hydrogen-bond donors (Lipinski definition) is 0. The van der Waals surface area contributed by atoms with E-state index in [1.807, 2.05) is 48.5 Å². The molecule has 0 aliphatic rings. The van der Waals surface area contributed by atoms with E-state index in [1.165, 1.54) is 6.39 Å². The van der Waals surface area contributed by atoms with E-state index in [1.54, 1.807) is 6.26 Å². The summed E-state index contributed by atoms with van der Waals surface area (Å²) in [5, 5.41) is 0. The second-order valence-electron chi connectivity index (χ2n) is 1.13. The monoisotopic (exact) mass is 173 g/mol. The Balaban J connectivity index is -0.000000117. The maximum absolute atomic E-state index is 4.60. The number of rotatable bonds is 0. The molecule has 1 aromatic rings. The van der Waals surface area contributed by atoms with Crippen LogP contribution in [0.4, 0.5) is 0 Å². The second-order valence-corrected chi connectivity index (χ2v) is 1.13. The van der Waals surface area contributed by atoms with Gasteiger partial charge in [-0.1, -0.05) is 41.5 Å². The lowest BCUT2D eigenvalue weighted by Gasteiger charge is -1.62. The van der Waals surface area contributed by atoms with Crippen molar-refractivity contribution in [2.45, 2.75) is 48.5 Å². The first-order valence-corrected chi connectivity index (χ1v) is 4.74. The lowest BCUT2D eigenvalue weighted by Crippen LogP contribution is -1.59. The van der Waals surface area contributed by atoms with Gasteiger partial charge in [0.15, 0.2) is 6.39 Å². The minimum Gasteiger partial charge on any atom is -0.452 e. The summed E-state index contributed by atoms with van der Waals surface area (Å²) < 4.78 is 4.60. The Hall–Kier alpha value is -0.790. The zero-order valence-electron chi connectivity index (χ0n) is 9.51. The van der Waals surface area contributed by atoms with Crippen LogP contribution in [0.2, 0.25) is 0 Å². The average Bonchev–Trinajstić information content (AvgIpc) is 2.66. The lowest BCUT2D eigenvalue weighted by atomic mass is 10.6. The molecule has 0 bridgehead atoms. The van der Waals surface area contributed by atoms with Crippen LogP contribution in [-0.2, 0) is 0 Å². The highest BCUT2D eigenvalue weighted by Gasteiger charge is 1.77. The van der Waals surface area contributed by atoms with E-state index in [2.05, 4.69) is 9.40 Å². The lowest BCUT2D eigenvalue weighted by molar-refractivity contribution is 0.557. The van der Waals surface area contributed by atoms with Gasteiger partial charge in [-0.05, 0) is 6.92 Å². The fourth-order valence-electron chi connectivity index (χ4n) is 0.273. The molecule has 0 saturated heterocycles. The number of oxazole rings is 1. The topological polar surface area (TPSA) is 26.0 Å². The normalized spacial score (nSPS) is 5.92. The van der Waals surface area contributed by atoms with Crippen LogP contribution in [0.3, 0.4) is 0 Å². The molecule has 1 heterocycles. The van der Waals surface area contributed by atoms with E-state index in [0.717, 1.165) is 5.69 Å². The highest BCUT2D eigenvalue weighted by molar-refractivity contribution is 4.83. The molecule has 0 aromatic carbocycles. The molecule has 0 aliphatic heterocycles. The number of aromatic nitrogens is 1. The summed E-state index contributed by atoms with van der Waals surface area (Å²) in [5.74, 6) is 0. The Morgan fingerprint density at radius 3 is 1.50 bits per heavy atom. The minimum atomic E-state index is 0.926. The Morgan fingerprint density at radius 2 is 1.42 bits per heavy atom. The zero-order valence-corrected chi connectivity index (χ0v) is 9.51. The molecule has 0 saturated carbocycles. The van der Waals surface area contributed by atoms with Gasteiger partial charge in [0.1, 0.15) is 6.26 Å². The summed E-state index contributed by atoms with van der Waals surface area (Å²) in [6.07, 6.45) is 3.01. The summed E-state index contributed by atoms with van der Waals surface area (Å²) in [6, 6.07) is 0. The molecule has 1 aromatic heterocycles. The molecule has 74 valence electrons. The largest absolute Gasteiger partial charge is 0.452 e. The van der Waals surface area contributed by atoms with Crippen LogP contribution in [0.25, 0.3) is 0 Å². The molecule has 0 atom stereocenters. The number of nitrogens with zero attached hydrogens (tertiary/aromatic N) is 1. The molecule has 2 nitrogen and oxygen atoms in total. The van der Waals surface area contributed by atoms with Crippen molar-refractivity contribution in [3.8, 4) is 0 Å². The van der Waals surface area contributed by atoms with Crippen molar-refractivity contribution in [1.82, 2.24) is 4.98 Å². The van der Waals surface area contributed by atoms with Crippen molar-refractivity contribution in [3.05, 3.63) is 18.4 Å². The van der Waals surface area contributed by atoms with Crippen molar-refractivity contribution in [2.75, 3.05) is 0 Å². The van der Waals surface area contributed by atoms with Gasteiger partial charge in [0.05, 0.1) is 5.69 Å². The quantitative estimate of drug-likeness (QED) is 0.591. The summed E-state index contributed by atoms with van der Waals surface area (Å²) in [4.78, 5) is 3.75. The van der Waals surface area contributed by atoms with Gasteiger partial charge in [-0.25, -0.2) is 4.98 Å². The summed E-state index contributed by atoms with van der Waals surface area (Å²) in [5.41, 5.74) is 0.926. The third-order valence-electron chi connectivity index (χ3n) is 0.556. The molecule has 0 N–H and O–H groups in total. The maximum atomic E-state index is 4.60. The molecule has 0 amide bonds. The molecule has 2 heteroatoms. The van der Waals surface area contributed by atoms with Crippen molar-refractivity contribution in [2.24, 2.45) is 0 Å². The molecule has 12 heavy (non-hydrogen) atoms. The fourth-order valence-corrected chi connectivity index (χ4v) is 0.273. The first-order chi connectivity index (χ1) is 5.89. The summed E-state index contributed by atoms with van der Waals surface area (Å²) in [7, 11) is 0. The van der Waals surface area contributed by atoms with Crippen LogP contribution in [0.5, 0.6) is 0 Å². The van der Waals surface area contributed by atoms with Gasteiger partial charge in [0.2, 0.25) is 0 Å². The van der Waals surface area contributed by atoms with Crippen molar-refractivity contribution >= 4 is 0 Å². The first kappa shape index (κ1) is 17.3. The predicted molar refractivity (Wildman–Crippen MR) is 55.3 cm³/mol. The van der Waals surface area contributed by atoms with Gasteiger partial charge < -0.3 is 4.42 Å². The number of hydrogen-bond acceptors (Lipinski definition) is 2. The van der Waals surface area contributed by atoms with E-state index in [0.29, 0.717) is 0 Å². The van der Waals surface area contributed by atoms with Gasteiger partial charge in [0, 0.05) is 0 Å². The maximum Gasteiger partial charge on any atom is 0.180 e. The van der Waals surface area contributed by atoms with Crippen LogP contribution >= 0.6 is 0 Å². The van der Waals surface area contributed by atoms with Gasteiger partial charge in [-0.2, -0.15) is 0 Å². The molecular formula is C10H23NO. The zero-order chi connectivity index (χ0) is 10.4. The van der Waals surface area contributed by atoms with Crippen LogP contribution in [0.1, 0.15) is 47.2 Å². The summed E-state index contributed by atoms with van der Waals surface area (Å²) in [6.45, 7) is 13.9. The smallest absolute Gasteiger partial charge is 0.180 e. The van der Waals surface area contributed by atoms with E-state index < -0.39 is 0 Å². The van der Waals surface area contributed by atoms with E-state index in [9.17, 15) is 0 Å². The van der Waals surface area contributed by atoms with E-state index >= 15 is 0 Å². The van der Waals surface area contributed by atoms with Gasteiger partial charge >= 0.3 is 0 Å². The van der Waals surface area contributed by atoms with Crippen molar-refractivity contribution < 1.29 is 4.42 Å². The third kappa shape index (κ3) is 16.1. The fraction of sp³-hybridized carbons (Fsp3) is 0.700. The van der Waals surface area contributed by atoms with Crippen LogP contribution in [0.15, 0.2) is 17.1 Å². The molecule has 0 aliphatic carbocycles. The highest BCUT2D eigenvalue weighted by atomic mass is 16.3. The summed E-state index contributed by atoms with van der Waals surface area (Å²) >= 11 is 0. The Kier molecular flexibility index (Phi) is 32.4. The van der Waals surface area contributed by atoms with Crippen molar-refractivity contribution in [3.63, 3.8) is 0 Å². The standard InChI is InChI=1S/C4H5NO.3C2H6/c1-4-2-6-3-5-4;3*1-2/h2-3H,1H3;3*1-2H3. The molecule has 0 fully saturated rings. The van der Waals surface area contributed by atoms with E-state index in [4.69, 9.17) is 0 Å². The molecule has 1 rings (SSSR count). The van der Waals surface area contributed by atoms with Gasteiger partial charge in [0.25, 0.3) is 0 Å². The molecule has 0 spiro atoms. The average molecular weight is 173 g/mol. The minimum absolute atomic E-state index is 0.926. The Morgan fingerprint density at radius 1 is 1.00 bits per heavy atom. The Bertz CT molecular complexity index is 113. The third-order valence-corrected chi connectivity index (χ3v) is 0.556. The molecular weight excluding hydrogens is 150 g/mol. The molecule has 0 unspecified atom stereocenters. The number of aryl methyl sites for hydroxylation is 1. The van der Waals surface area contributed by atoms with Crippen LogP contribution in [0, 0.1) is 6.92 Å². The second kappa shape index (κ2) is 22.5. The van der Waals surface area contributed by atoms with Crippen LogP contribution in [-0.4, -0.2) is 4.98 Å². The van der Waals surface area contributed by atoms with E-state index in [-0.39, 0.29) is 0 Å². The van der Waals surface area contributed by atoms with Gasteiger partial charge in [-0.3, -0.25) is 0 Å². The predicted octanol–water partition coefficient (Wildman–Crippen LogP) is 4.06. The van der Waals surface area contributed by atoms with Crippen molar-refractivity contribution in [1.29, 1.82) is 0 Å².